The summed E-state index contributed by atoms with van der Waals surface area (Å²) < 4.78 is 0. The lowest BCUT2D eigenvalue weighted by atomic mass is 10.2. The number of carbonyl (C=O) groups excluding carboxylic acids is 2. The molecule has 0 spiro atoms. The number of hydrogen-bond acceptors (Lipinski definition) is 2. The summed E-state index contributed by atoms with van der Waals surface area (Å²) in [5, 5.41) is 6.18. The van der Waals surface area contributed by atoms with Gasteiger partial charge >= 0.3 is 6.03 Å². The second-order valence-electron chi connectivity index (χ2n) is 5.85. The number of halogens is 1. The first kappa shape index (κ1) is 16.3. The molecule has 0 aliphatic carbocycles. The minimum absolute atomic E-state index is 0.00986. The van der Waals surface area contributed by atoms with E-state index in [0.717, 1.165) is 11.3 Å². The van der Waals surface area contributed by atoms with E-state index in [2.05, 4.69) is 10.6 Å². The third kappa shape index (κ3) is 3.86. The number of rotatable bonds is 3. The van der Waals surface area contributed by atoms with Crippen LogP contribution >= 0.6 is 11.6 Å². The number of urea groups is 1. The van der Waals surface area contributed by atoms with Crippen molar-refractivity contribution in [3.8, 4) is 0 Å². The summed E-state index contributed by atoms with van der Waals surface area (Å²) in [6, 6.07) is 14.1. The molecule has 2 aromatic rings. The molecule has 1 saturated heterocycles. The van der Waals surface area contributed by atoms with Crippen LogP contribution in [0.1, 0.15) is 12.0 Å². The van der Waals surface area contributed by atoms with Gasteiger partial charge in [-0.15, -0.1) is 0 Å². The third-order valence-electron chi connectivity index (χ3n) is 3.91. The van der Waals surface area contributed by atoms with Crippen molar-refractivity contribution in [1.29, 1.82) is 0 Å². The summed E-state index contributed by atoms with van der Waals surface area (Å²) >= 11 is 5.81. The fourth-order valence-corrected chi connectivity index (χ4v) is 2.79. The van der Waals surface area contributed by atoms with E-state index in [-0.39, 0.29) is 18.0 Å². The van der Waals surface area contributed by atoms with Crippen molar-refractivity contribution in [2.45, 2.75) is 19.4 Å². The first-order chi connectivity index (χ1) is 11.5. The molecule has 3 rings (SSSR count). The van der Waals surface area contributed by atoms with Crippen molar-refractivity contribution in [2.75, 3.05) is 16.8 Å². The minimum atomic E-state index is -0.333. The zero-order valence-corrected chi connectivity index (χ0v) is 14.0. The highest BCUT2D eigenvalue weighted by Gasteiger charge is 2.31. The number of aryl methyl sites for hydroxylation is 1. The zero-order valence-electron chi connectivity index (χ0n) is 13.3. The molecule has 5 nitrogen and oxygen atoms in total. The van der Waals surface area contributed by atoms with E-state index < -0.39 is 0 Å². The van der Waals surface area contributed by atoms with E-state index in [1.54, 1.807) is 29.2 Å². The van der Waals surface area contributed by atoms with Gasteiger partial charge in [0.2, 0.25) is 5.91 Å². The molecule has 0 radical (unpaired) electrons. The summed E-state index contributed by atoms with van der Waals surface area (Å²) in [7, 11) is 0. The molecule has 1 aliphatic rings. The van der Waals surface area contributed by atoms with Crippen LogP contribution in [-0.2, 0) is 4.79 Å². The predicted molar refractivity (Wildman–Crippen MR) is 95.5 cm³/mol. The molecule has 1 aliphatic heterocycles. The highest BCUT2D eigenvalue weighted by Crippen LogP contribution is 2.22. The maximum Gasteiger partial charge on any atom is 0.319 e. The Morgan fingerprint density at radius 3 is 2.46 bits per heavy atom. The molecule has 6 heteroatoms. The second-order valence-corrected chi connectivity index (χ2v) is 6.28. The van der Waals surface area contributed by atoms with Crippen LogP contribution in [-0.4, -0.2) is 24.5 Å². The van der Waals surface area contributed by atoms with Crippen molar-refractivity contribution in [3.05, 3.63) is 59.1 Å². The minimum Gasteiger partial charge on any atom is -0.333 e. The number of carbonyl (C=O) groups is 2. The molecule has 1 heterocycles. The van der Waals surface area contributed by atoms with Crippen LogP contribution in [0, 0.1) is 6.92 Å². The van der Waals surface area contributed by atoms with E-state index in [9.17, 15) is 9.59 Å². The Labute approximate surface area is 145 Å². The topological polar surface area (TPSA) is 61.4 Å². The van der Waals surface area contributed by atoms with Gasteiger partial charge in [-0.05, 0) is 43.3 Å². The Balaban J connectivity index is 1.58. The van der Waals surface area contributed by atoms with Gasteiger partial charge in [-0.1, -0.05) is 29.3 Å². The van der Waals surface area contributed by atoms with Crippen molar-refractivity contribution in [3.63, 3.8) is 0 Å². The first-order valence-electron chi connectivity index (χ1n) is 7.71. The number of nitrogens with zero attached hydrogens (tertiary/aromatic N) is 1. The second kappa shape index (κ2) is 6.93. The molecule has 1 unspecified atom stereocenters. The van der Waals surface area contributed by atoms with Crippen LogP contribution < -0.4 is 15.5 Å². The van der Waals surface area contributed by atoms with Crippen molar-refractivity contribution >= 4 is 34.9 Å². The Bertz CT molecular complexity index is 744. The first-order valence-corrected chi connectivity index (χ1v) is 8.09. The predicted octanol–water partition coefficient (Wildman–Crippen LogP) is 3.58. The molecule has 0 aromatic heterocycles. The third-order valence-corrected chi connectivity index (χ3v) is 4.16. The van der Waals surface area contributed by atoms with Gasteiger partial charge < -0.3 is 15.5 Å². The van der Waals surface area contributed by atoms with Gasteiger partial charge in [0.05, 0.1) is 6.04 Å². The lowest BCUT2D eigenvalue weighted by Gasteiger charge is -2.17. The fourth-order valence-electron chi connectivity index (χ4n) is 2.66. The summed E-state index contributed by atoms with van der Waals surface area (Å²) in [4.78, 5) is 26.0. The fraction of sp³-hybridized carbons (Fsp3) is 0.222. The van der Waals surface area contributed by atoms with Gasteiger partial charge in [-0.2, -0.15) is 0 Å². The largest absolute Gasteiger partial charge is 0.333 e. The van der Waals surface area contributed by atoms with Crippen molar-refractivity contribution in [2.24, 2.45) is 0 Å². The standard InChI is InChI=1S/C18H18ClN3O2/c1-12-2-8-16(9-3-12)22-11-15(10-17(22)23)21-18(24)20-14-6-4-13(19)5-7-14/h2-9,15H,10-11H2,1H3,(H2,20,21,24). The molecule has 1 fully saturated rings. The smallest absolute Gasteiger partial charge is 0.319 e. The summed E-state index contributed by atoms with van der Waals surface area (Å²) in [6.45, 7) is 2.47. The number of nitrogens with one attached hydrogen (secondary N) is 2. The van der Waals surface area contributed by atoms with E-state index in [1.807, 2.05) is 31.2 Å². The average molecular weight is 344 g/mol. The molecule has 0 bridgehead atoms. The molecule has 2 aromatic carbocycles. The van der Waals surface area contributed by atoms with Gasteiger partial charge in [-0.25, -0.2) is 4.79 Å². The average Bonchev–Trinajstić information content (AvgIpc) is 2.90. The van der Waals surface area contributed by atoms with Crippen LogP contribution in [0.5, 0.6) is 0 Å². The number of anilines is 2. The zero-order chi connectivity index (χ0) is 17.1. The van der Waals surface area contributed by atoms with Gasteiger partial charge in [0.15, 0.2) is 0 Å². The van der Waals surface area contributed by atoms with E-state index in [0.29, 0.717) is 23.7 Å². The lowest BCUT2D eigenvalue weighted by molar-refractivity contribution is -0.117. The molecular formula is C18H18ClN3O2. The van der Waals surface area contributed by atoms with Crippen LogP contribution in [0.4, 0.5) is 16.2 Å². The van der Waals surface area contributed by atoms with Gasteiger partial charge in [0.25, 0.3) is 0 Å². The maximum atomic E-state index is 12.2. The van der Waals surface area contributed by atoms with Crippen molar-refractivity contribution in [1.82, 2.24) is 5.32 Å². The molecule has 24 heavy (non-hydrogen) atoms. The molecular weight excluding hydrogens is 326 g/mol. The Morgan fingerprint density at radius 1 is 1.12 bits per heavy atom. The summed E-state index contributed by atoms with van der Waals surface area (Å²) in [5.74, 6) is 0.00986. The number of hydrogen-bond donors (Lipinski definition) is 2. The normalized spacial score (nSPS) is 17.0. The monoisotopic (exact) mass is 343 g/mol. The number of benzene rings is 2. The Morgan fingerprint density at radius 2 is 1.79 bits per heavy atom. The number of amides is 3. The highest BCUT2D eigenvalue weighted by atomic mass is 35.5. The van der Waals surface area contributed by atoms with Gasteiger partial charge in [0, 0.05) is 29.4 Å². The van der Waals surface area contributed by atoms with Crippen LogP contribution in [0.2, 0.25) is 5.02 Å². The van der Waals surface area contributed by atoms with E-state index in [4.69, 9.17) is 11.6 Å². The summed E-state index contributed by atoms with van der Waals surface area (Å²) in [5.41, 5.74) is 2.65. The summed E-state index contributed by atoms with van der Waals surface area (Å²) in [6.07, 6.45) is 0.294. The quantitative estimate of drug-likeness (QED) is 0.894. The van der Waals surface area contributed by atoms with E-state index in [1.165, 1.54) is 0 Å². The van der Waals surface area contributed by atoms with Crippen LogP contribution in [0.25, 0.3) is 0 Å². The van der Waals surface area contributed by atoms with Crippen molar-refractivity contribution < 1.29 is 9.59 Å². The Hall–Kier alpha value is -2.53. The lowest BCUT2D eigenvalue weighted by Crippen LogP contribution is -2.39. The molecule has 124 valence electrons. The van der Waals surface area contributed by atoms with Gasteiger partial charge in [0.1, 0.15) is 0 Å². The molecule has 3 amide bonds. The maximum absolute atomic E-state index is 12.2. The SMILES string of the molecule is Cc1ccc(N2CC(NC(=O)Nc3ccc(Cl)cc3)CC2=O)cc1. The van der Waals surface area contributed by atoms with Crippen LogP contribution in [0.3, 0.4) is 0 Å². The van der Waals surface area contributed by atoms with Gasteiger partial charge in [-0.3, -0.25) is 4.79 Å². The molecule has 0 saturated carbocycles. The highest BCUT2D eigenvalue weighted by molar-refractivity contribution is 6.30. The van der Waals surface area contributed by atoms with E-state index >= 15 is 0 Å². The molecule has 2 N–H and O–H groups in total. The molecule has 1 atom stereocenters. The van der Waals surface area contributed by atoms with Crippen LogP contribution in [0.15, 0.2) is 48.5 Å². The Kier molecular flexibility index (Phi) is 4.71.